The molecule has 74 valence electrons. The summed E-state index contributed by atoms with van der Waals surface area (Å²) in [5, 5.41) is 8.56. The van der Waals surface area contributed by atoms with E-state index < -0.39 is 0 Å². The number of rotatable bonds is 2. The van der Waals surface area contributed by atoms with Crippen LogP contribution in [0.3, 0.4) is 0 Å². The molecule has 0 atom stereocenters. The van der Waals surface area contributed by atoms with Crippen LogP contribution in [0.5, 0.6) is 0 Å². The summed E-state index contributed by atoms with van der Waals surface area (Å²) in [4.78, 5) is 0. The number of aliphatic hydroxyl groups excluding tert-OH is 1. The Morgan fingerprint density at radius 3 is 2.36 bits per heavy atom. The van der Waals surface area contributed by atoms with Crippen molar-refractivity contribution in [1.29, 1.82) is 0 Å². The maximum Gasteiger partial charge on any atom is 0.0540 e. The van der Waals surface area contributed by atoms with E-state index >= 15 is 0 Å². The molecular weight excluding hydrogens is 172 g/mol. The first-order valence-electron chi connectivity index (χ1n) is 4.93. The summed E-state index contributed by atoms with van der Waals surface area (Å²) in [6.07, 6.45) is 0.548. The van der Waals surface area contributed by atoms with E-state index in [1.807, 2.05) is 12.1 Å². The third kappa shape index (κ3) is 3.24. The second-order valence-corrected chi connectivity index (χ2v) is 3.55. The normalized spacial score (nSPS) is 9.71. The lowest BCUT2D eigenvalue weighted by Crippen LogP contribution is -1.86. The van der Waals surface area contributed by atoms with Crippen LogP contribution in [0.15, 0.2) is 24.3 Å². The standard InChI is InChI=1S/C13H16O/c1-11(2)13-8-6-12(7-9-13)5-3-4-10-14/h6-9,11,14H,4,10H2,1-2H3. The van der Waals surface area contributed by atoms with Crippen molar-refractivity contribution < 1.29 is 5.11 Å². The summed E-state index contributed by atoms with van der Waals surface area (Å²) >= 11 is 0. The Kier molecular flexibility index (Phi) is 4.22. The SMILES string of the molecule is CC(C)c1ccc(C#CCCO)cc1. The molecule has 0 aliphatic rings. The third-order valence-electron chi connectivity index (χ3n) is 2.05. The van der Waals surface area contributed by atoms with Crippen molar-refractivity contribution in [3.05, 3.63) is 35.4 Å². The molecule has 0 amide bonds. The summed E-state index contributed by atoms with van der Waals surface area (Å²) in [5.41, 5.74) is 2.35. The lowest BCUT2D eigenvalue weighted by Gasteiger charge is -2.03. The highest BCUT2D eigenvalue weighted by molar-refractivity contribution is 5.36. The quantitative estimate of drug-likeness (QED) is 0.707. The summed E-state index contributed by atoms with van der Waals surface area (Å²) in [6.45, 7) is 4.48. The van der Waals surface area contributed by atoms with Crippen molar-refractivity contribution in [2.24, 2.45) is 0 Å². The van der Waals surface area contributed by atoms with Crippen LogP contribution in [0.25, 0.3) is 0 Å². The average Bonchev–Trinajstić information content (AvgIpc) is 2.19. The van der Waals surface area contributed by atoms with Crippen LogP contribution in [0.2, 0.25) is 0 Å². The number of aliphatic hydroxyl groups is 1. The van der Waals surface area contributed by atoms with Gasteiger partial charge in [-0.05, 0) is 23.6 Å². The molecule has 0 bridgehead atoms. The highest BCUT2D eigenvalue weighted by atomic mass is 16.2. The molecule has 1 aromatic rings. The minimum absolute atomic E-state index is 0.136. The van der Waals surface area contributed by atoms with Gasteiger partial charge in [-0.2, -0.15) is 0 Å². The van der Waals surface area contributed by atoms with Crippen LogP contribution in [-0.4, -0.2) is 11.7 Å². The zero-order chi connectivity index (χ0) is 10.4. The molecule has 0 aromatic heterocycles. The van der Waals surface area contributed by atoms with E-state index in [1.165, 1.54) is 5.56 Å². The van der Waals surface area contributed by atoms with E-state index in [2.05, 4.69) is 37.8 Å². The van der Waals surface area contributed by atoms with Crippen molar-refractivity contribution in [1.82, 2.24) is 0 Å². The van der Waals surface area contributed by atoms with E-state index in [4.69, 9.17) is 5.11 Å². The molecule has 14 heavy (non-hydrogen) atoms. The fraction of sp³-hybridized carbons (Fsp3) is 0.385. The van der Waals surface area contributed by atoms with Gasteiger partial charge >= 0.3 is 0 Å². The van der Waals surface area contributed by atoms with Crippen molar-refractivity contribution >= 4 is 0 Å². The fourth-order valence-corrected chi connectivity index (χ4v) is 1.17. The molecule has 0 unspecified atom stereocenters. The molecule has 0 aliphatic carbocycles. The molecule has 1 nitrogen and oxygen atoms in total. The van der Waals surface area contributed by atoms with Gasteiger partial charge in [0, 0.05) is 12.0 Å². The first-order valence-corrected chi connectivity index (χ1v) is 4.93. The average molecular weight is 188 g/mol. The molecule has 0 saturated heterocycles. The Balaban J connectivity index is 2.70. The lowest BCUT2D eigenvalue weighted by molar-refractivity contribution is 0.305. The maximum absolute atomic E-state index is 8.56. The van der Waals surface area contributed by atoms with Crippen LogP contribution >= 0.6 is 0 Å². The molecule has 1 aromatic carbocycles. The Morgan fingerprint density at radius 1 is 1.21 bits per heavy atom. The molecule has 1 N–H and O–H groups in total. The highest BCUT2D eigenvalue weighted by Gasteiger charge is 1.96. The predicted octanol–water partition coefficient (Wildman–Crippen LogP) is 2.54. The summed E-state index contributed by atoms with van der Waals surface area (Å²) in [5.74, 6) is 6.47. The molecule has 0 fully saturated rings. The van der Waals surface area contributed by atoms with E-state index in [1.54, 1.807) is 0 Å². The Morgan fingerprint density at radius 2 is 1.86 bits per heavy atom. The van der Waals surface area contributed by atoms with Gasteiger partial charge in [0.15, 0.2) is 0 Å². The highest BCUT2D eigenvalue weighted by Crippen LogP contribution is 2.13. The van der Waals surface area contributed by atoms with E-state index in [0.29, 0.717) is 12.3 Å². The largest absolute Gasteiger partial charge is 0.395 e. The molecule has 0 heterocycles. The van der Waals surface area contributed by atoms with Crippen LogP contribution in [0.4, 0.5) is 0 Å². The third-order valence-corrected chi connectivity index (χ3v) is 2.05. The van der Waals surface area contributed by atoms with Crippen LogP contribution in [0, 0.1) is 11.8 Å². The first kappa shape index (κ1) is 10.8. The summed E-state index contributed by atoms with van der Waals surface area (Å²) in [6, 6.07) is 8.26. The molecule has 1 rings (SSSR count). The zero-order valence-corrected chi connectivity index (χ0v) is 8.75. The predicted molar refractivity (Wildman–Crippen MR) is 59.1 cm³/mol. The van der Waals surface area contributed by atoms with E-state index in [0.717, 1.165) is 5.56 Å². The molecule has 0 radical (unpaired) electrons. The van der Waals surface area contributed by atoms with Gasteiger partial charge in [0.1, 0.15) is 0 Å². The topological polar surface area (TPSA) is 20.2 Å². The Labute approximate surface area is 85.8 Å². The van der Waals surface area contributed by atoms with Gasteiger partial charge in [0.25, 0.3) is 0 Å². The fourth-order valence-electron chi connectivity index (χ4n) is 1.17. The minimum atomic E-state index is 0.136. The van der Waals surface area contributed by atoms with Gasteiger partial charge in [-0.25, -0.2) is 0 Å². The van der Waals surface area contributed by atoms with Gasteiger partial charge < -0.3 is 5.11 Å². The van der Waals surface area contributed by atoms with Crippen molar-refractivity contribution in [3.63, 3.8) is 0 Å². The van der Waals surface area contributed by atoms with Crippen LogP contribution in [-0.2, 0) is 0 Å². The van der Waals surface area contributed by atoms with Crippen molar-refractivity contribution in [2.45, 2.75) is 26.2 Å². The minimum Gasteiger partial charge on any atom is -0.395 e. The maximum atomic E-state index is 8.56. The lowest BCUT2D eigenvalue weighted by atomic mass is 10.0. The molecule has 1 heteroatoms. The zero-order valence-electron chi connectivity index (χ0n) is 8.75. The van der Waals surface area contributed by atoms with Gasteiger partial charge in [-0.15, -0.1) is 0 Å². The van der Waals surface area contributed by atoms with Gasteiger partial charge in [0.05, 0.1) is 6.61 Å². The molecular formula is C13H16O. The van der Waals surface area contributed by atoms with Crippen LogP contribution in [0.1, 0.15) is 37.3 Å². The van der Waals surface area contributed by atoms with Gasteiger partial charge in [-0.3, -0.25) is 0 Å². The Bertz CT molecular complexity index is 324. The van der Waals surface area contributed by atoms with E-state index in [9.17, 15) is 0 Å². The second-order valence-electron chi connectivity index (χ2n) is 3.55. The Hall–Kier alpha value is -1.26. The number of benzene rings is 1. The summed E-state index contributed by atoms with van der Waals surface area (Å²) < 4.78 is 0. The van der Waals surface area contributed by atoms with Crippen LogP contribution < -0.4 is 0 Å². The summed E-state index contributed by atoms with van der Waals surface area (Å²) in [7, 11) is 0. The van der Waals surface area contributed by atoms with Crippen molar-refractivity contribution in [3.8, 4) is 11.8 Å². The number of hydrogen-bond donors (Lipinski definition) is 1. The molecule has 0 aliphatic heterocycles. The first-order chi connectivity index (χ1) is 6.74. The van der Waals surface area contributed by atoms with E-state index in [-0.39, 0.29) is 6.61 Å². The molecule has 0 spiro atoms. The van der Waals surface area contributed by atoms with Gasteiger partial charge in [-0.1, -0.05) is 37.8 Å². The molecule has 0 saturated carbocycles. The van der Waals surface area contributed by atoms with Gasteiger partial charge in [0.2, 0.25) is 0 Å². The second kappa shape index (κ2) is 5.47. The van der Waals surface area contributed by atoms with Crippen molar-refractivity contribution in [2.75, 3.05) is 6.61 Å². The number of hydrogen-bond acceptors (Lipinski definition) is 1. The monoisotopic (exact) mass is 188 g/mol. The smallest absolute Gasteiger partial charge is 0.0540 e.